The van der Waals surface area contributed by atoms with Crippen LogP contribution in [-0.4, -0.2) is 29.9 Å². The lowest BCUT2D eigenvalue weighted by Crippen LogP contribution is -1.84. The smallest absolute Gasteiger partial charge is 0.198 e. The Labute approximate surface area is 193 Å². The molecule has 0 radical (unpaired) electrons. The number of rotatable bonds is 3. The van der Waals surface area contributed by atoms with Gasteiger partial charge >= 0.3 is 0 Å². The van der Waals surface area contributed by atoms with Gasteiger partial charge in [0.25, 0.3) is 0 Å². The molecule has 0 amide bonds. The van der Waals surface area contributed by atoms with Gasteiger partial charge in [-0.05, 0) is 59.7 Å². The summed E-state index contributed by atoms with van der Waals surface area (Å²) < 4.78 is 0. The predicted molar refractivity (Wildman–Crippen MR) is 136 cm³/mol. The summed E-state index contributed by atoms with van der Waals surface area (Å²) in [4.78, 5) is 23.8. The summed E-state index contributed by atoms with van der Waals surface area (Å²) in [6.45, 7) is 0. The quantitative estimate of drug-likeness (QED) is 0.273. The van der Waals surface area contributed by atoms with Gasteiger partial charge in [-0.25, -0.2) is 15.0 Å². The molecular weight excluding hydrogens is 422 g/mol. The van der Waals surface area contributed by atoms with Crippen LogP contribution >= 0.6 is 0 Å². The van der Waals surface area contributed by atoms with Crippen LogP contribution in [0.15, 0.2) is 84.9 Å². The molecule has 34 heavy (non-hydrogen) atoms. The molecule has 7 aromatic rings. The molecule has 0 fully saturated rings. The molecule has 7 rings (SSSR count). The minimum Gasteiger partial charge on any atom is -0.369 e. The van der Waals surface area contributed by atoms with E-state index in [2.05, 4.69) is 56.3 Å². The number of imidazole rings is 3. The average Bonchev–Trinajstić information content (AvgIpc) is 3.58. The van der Waals surface area contributed by atoms with Crippen LogP contribution in [0.2, 0.25) is 0 Å². The van der Waals surface area contributed by atoms with Gasteiger partial charge in [-0.3, -0.25) is 0 Å². The normalized spacial score (nSPS) is 11.6. The van der Waals surface area contributed by atoms with E-state index in [9.17, 15) is 0 Å². The van der Waals surface area contributed by atoms with E-state index in [1.54, 1.807) is 0 Å². The van der Waals surface area contributed by atoms with E-state index in [4.69, 9.17) is 15.7 Å². The van der Waals surface area contributed by atoms with Gasteiger partial charge < -0.3 is 20.7 Å². The second-order valence-corrected chi connectivity index (χ2v) is 8.35. The monoisotopic (exact) mass is 441 g/mol. The maximum atomic E-state index is 5.78. The van der Waals surface area contributed by atoms with Crippen molar-refractivity contribution in [3.05, 3.63) is 84.9 Å². The molecule has 162 valence electrons. The van der Waals surface area contributed by atoms with Crippen molar-refractivity contribution in [2.24, 2.45) is 0 Å². The van der Waals surface area contributed by atoms with Gasteiger partial charge in [0.1, 0.15) is 11.6 Å². The molecule has 0 bridgehead atoms. The molecule has 0 aliphatic heterocycles. The van der Waals surface area contributed by atoms with Gasteiger partial charge in [-0.2, -0.15) is 0 Å². The van der Waals surface area contributed by atoms with Gasteiger partial charge in [0, 0.05) is 11.1 Å². The Morgan fingerprint density at radius 2 is 0.971 bits per heavy atom. The first-order valence-corrected chi connectivity index (χ1v) is 11.0. The number of hydrogen-bond acceptors (Lipinski definition) is 4. The lowest BCUT2D eigenvalue weighted by Gasteiger charge is -2.00. The van der Waals surface area contributed by atoms with Crippen molar-refractivity contribution >= 4 is 39.0 Å². The second-order valence-electron chi connectivity index (χ2n) is 8.35. The van der Waals surface area contributed by atoms with E-state index < -0.39 is 0 Å². The molecule has 7 nitrogen and oxygen atoms in total. The lowest BCUT2D eigenvalue weighted by atomic mass is 10.1. The summed E-state index contributed by atoms with van der Waals surface area (Å²) in [6, 6.07) is 28.7. The van der Waals surface area contributed by atoms with E-state index in [0.717, 1.165) is 61.4 Å². The summed E-state index contributed by atoms with van der Waals surface area (Å²) in [6.07, 6.45) is 0. The topological polar surface area (TPSA) is 112 Å². The average molecular weight is 441 g/mol. The summed E-state index contributed by atoms with van der Waals surface area (Å²) in [7, 11) is 0. The number of nitrogens with two attached hydrogens (primary N) is 1. The fraction of sp³-hybridized carbons (Fsp3) is 0. The van der Waals surface area contributed by atoms with Crippen molar-refractivity contribution in [3.63, 3.8) is 0 Å². The highest BCUT2D eigenvalue weighted by atomic mass is 15.0. The van der Waals surface area contributed by atoms with Crippen LogP contribution in [0.3, 0.4) is 0 Å². The van der Waals surface area contributed by atoms with Crippen molar-refractivity contribution in [2.45, 2.75) is 0 Å². The van der Waals surface area contributed by atoms with Crippen molar-refractivity contribution < 1.29 is 0 Å². The third-order valence-corrected chi connectivity index (χ3v) is 6.12. The summed E-state index contributed by atoms with van der Waals surface area (Å²) in [5.74, 6) is 2.02. The number of H-pyrrole nitrogens is 3. The highest BCUT2D eigenvalue weighted by Crippen LogP contribution is 2.29. The summed E-state index contributed by atoms with van der Waals surface area (Å²) in [5, 5.41) is 0. The van der Waals surface area contributed by atoms with Gasteiger partial charge in [-0.15, -0.1) is 0 Å². The summed E-state index contributed by atoms with van der Waals surface area (Å²) in [5.41, 5.74) is 15.6. The Bertz CT molecular complexity index is 1820. The first-order valence-electron chi connectivity index (χ1n) is 11.0. The molecule has 5 N–H and O–H groups in total. The third kappa shape index (κ3) is 3.02. The molecule has 0 saturated heterocycles. The van der Waals surface area contributed by atoms with Crippen LogP contribution in [0.4, 0.5) is 5.95 Å². The standard InChI is InChI=1S/C27H19N7/c28-27-33-21-11-8-18(14-24(21)34-27)26-30-20-10-7-17(13-23(20)32-26)25-29-19-9-6-16(12-22(19)31-25)15-4-2-1-3-5-15/h1-14H,(H,29,31)(H,30,32)(H3,28,33,34). The van der Waals surface area contributed by atoms with Gasteiger partial charge in [0.05, 0.1) is 33.1 Å². The fourth-order valence-electron chi connectivity index (χ4n) is 4.43. The van der Waals surface area contributed by atoms with Crippen molar-refractivity contribution in [1.82, 2.24) is 29.9 Å². The maximum absolute atomic E-state index is 5.78. The second kappa shape index (κ2) is 7.05. The van der Waals surface area contributed by atoms with Crippen molar-refractivity contribution in [3.8, 4) is 33.9 Å². The van der Waals surface area contributed by atoms with Gasteiger partial charge in [0.15, 0.2) is 5.95 Å². The number of nitrogens with one attached hydrogen (secondary N) is 3. The van der Waals surface area contributed by atoms with E-state index in [0.29, 0.717) is 5.95 Å². The Kier molecular flexibility index (Phi) is 3.86. The third-order valence-electron chi connectivity index (χ3n) is 6.12. The van der Waals surface area contributed by atoms with Crippen LogP contribution in [0.5, 0.6) is 0 Å². The van der Waals surface area contributed by atoms with E-state index in [-0.39, 0.29) is 0 Å². The molecule has 0 unspecified atom stereocenters. The SMILES string of the molecule is Nc1nc2ccc(-c3nc4ccc(-c5nc6ccc(-c7ccccc7)cc6[nH]5)cc4[nH]3)cc2[nH]1. The Balaban J connectivity index is 1.27. The van der Waals surface area contributed by atoms with Gasteiger partial charge in [-0.1, -0.05) is 36.4 Å². The number of aromatic amines is 3. The number of fused-ring (bicyclic) bond motifs is 3. The molecule has 7 heteroatoms. The van der Waals surface area contributed by atoms with Crippen LogP contribution in [0.1, 0.15) is 0 Å². The number of nitrogens with zero attached hydrogens (tertiary/aromatic N) is 3. The van der Waals surface area contributed by atoms with E-state index >= 15 is 0 Å². The largest absolute Gasteiger partial charge is 0.369 e. The molecule has 3 aromatic heterocycles. The van der Waals surface area contributed by atoms with Gasteiger partial charge in [0.2, 0.25) is 0 Å². The zero-order valence-corrected chi connectivity index (χ0v) is 18.0. The number of anilines is 1. The Morgan fingerprint density at radius 1 is 0.471 bits per heavy atom. The van der Waals surface area contributed by atoms with Crippen LogP contribution in [-0.2, 0) is 0 Å². The minimum atomic E-state index is 0.406. The lowest BCUT2D eigenvalue weighted by molar-refractivity contribution is 1.33. The number of nitrogen functional groups attached to an aromatic ring is 1. The van der Waals surface area contributed by atoms with E-state index in [1.165, 1.54) is 5.56 Å². The molecule has 3 heterocycles. The number of hydrogen-bond donors (Lipinski definition) is 4. The van der Waals surface area contributed by atoms with E-state index in [1.807, 2.05) is 48.5 Å². The van der Waals surface area contributed by atoms with Crippen LogP contribution in [0.25, 0.3) is 67.0 Å². The molecule has 0 spiro atoms. The highest BCUT2D eigenvalue weighted by molar-refractivity contribution is 5.89. The first kappa shape index (κ1) is 18.6. The predicted octanol–water partition coefficient (Wildman–Crippen LogP) is 5.90. The highest BCUT2D eigenvalue weighted by Gasteiger charge is 2.11. The van der Waals surface area contributed by atoms with Crippen molar-refractivity contribution in [1.29, 1.82) is 0 Å². The Hall–Kier alpha value is -4.91. The zero-order chi connectivity index (χ0) is 22.6. The van der Waals surface area contributed by atoms with Crippen LogP contribution < -0.4 is 5.73 Å². The fourth-order valence-corrected chi connectivity index (χ4v) is 4.43. The molecule has 0 saturated carbocycles. The maximum Gasteiger partial charge on any atom is 0.198 e. The summed E-state index contributed by atoms with van der Waals surface area (Å²) >= 11 is 0. The Morgan fingerprint density at radius 3 is 1.59 bits per heavy atom. The molecule has 4 aromatic carbocycles. The van der Waals surface area contributed by atoms with Crippen LogP contribution in [0, 0.1) is 0 Å². The molecule has 0 aliphatic carbocycles. The molecule has 0 atom stereocenters. The minimum absolute atomic E-state index is 0.406. The molecule has 0 aliphatic rings. The number of benzene rings is 4. The van der Waals surface area contributed by atoms with Crippen molar-refractivity contribution in [2.75, 3.05) is 5.73 Å². The zero-order valence-electron chi connectivity index (χ0n) is 18.0. The molecular formula is C27H19N7. The number of aromatic nitrogens is 6. The first-order chi connectivity index (χ1) is 16.7.